The van der Waals surface area contributed by atoms with Crippen LogP contribution in [0.3, 0.4) is 0 Å². The number of amides is 1. The van der Waals surface area contributed by atoms with E-state index >= 15 is 0 Å². The van der Waals surface area contributed by atoms with Crippen LogP contribution in [0, 0.1) is 0 Å². The Morgan fingerprint density at radius 1 is 1.44 bits per heavy atom. The Labute approximate surface area is 96.1 Å². The molecule has 0 aromatic rings. The van der Waals surface area contributed by atoms with Crippen molar-refractivity contribution in [3.8, 4) is 0 Å². The highest BCUT2D eigenvalue weighted by Gasteiger charge is 2.28. The van der Waals surface area contributed by atoms with E-state index in [1.807, 2.05) is 0 Å². The molecular weight excluding hydrogens is 232 g/mol. The highest BCUT2D eigenvalue weighted by atomic mass is 32.2. The number of carbonyl (C=O) groups is 1. The van der Waals surface area contributed by atoms with E-state index in [-0.39, 0.29) is 18.8 Å². The van der Waals surface area contributed by atoms with Gasteiger partial charge in [0.15, 0.2) is 9.84 Å². The number of aliphatic hydroxyl groups is 1. The molecular formula is C9H20N2O4S. The van der Waals surface area contributed by atoms with Crippen molar-refractivity contribution >= 4 is 15.7 Å². The predicted molar refractivity (Wildman–Crippen MR) is 61.6 cm³/mol. The van der Waals surface area contributed by atoms with Gasteiger partial charge in [-0.2, -0.15) is 0 Å². The first-order valence-corrected chi connectivity index (χ1v) is 6.63. The summed E-state index contributed by atoms with van der Waals surface area (Å²) in [6.07, 6.45) is -1.28. The van der Waals surface area contributed by atoms with Gasteiger partial charge in [-0.25, -0.2) is 8.42 Å². The van der Waals surface area contributed by atoms with Crippen LogP contribution < -0.4 is 11.1 Å². The van der Waals surface area contributed by atoms with Crippen molar-refractivity contribution in [1.82, 2.24) is 5.32 Å². The van der Waals surface area contributed by atoms with Crippen molar-refractivity contribution in [3.63, 3.8) is 0 Å². The molecule has 1 atom stereocenters. The summed E-state index contributed by atoms with van der Waals surface area (Å²) in [6, 6.07) is 0. The van der Waals surface area contributed by atoms with E-state index < -0.39 is 26.6 Å². The molecule has 0 aliphatic heterocycles. The number of primary amides is 1. The first-order chi connectivity index (χ1) is 7.08. The zero-order valence-corrected chi connectivity index (χ0v) is 10.7. The number of aliphatic hydroxyl groups excluding tert-OH is 1. The molecule has 1 amide bonds. The van der Waals surface area contributed by atoms with Crippen molar-refractivity contribution in [2.75, 3.05) is 18.8 Å². The number of carbonyl (C=O) groups excluding carboxylic acids is 1. The van der Waals surface area contributed by atoms with Crippen LogP contribution in [0.25, 0.3) is 0 Å². The molecule has 1 unspecified atom stereocenters. The Morgan fingerprint density at radius 3 is 2.31 bits per heavy atom. The molecule has 0 bridgehead atoms. The molecule has 16 heavy (non-hydrogen) atoms. The summed E-state index contributed by atoms with van der Waals surface area (Å²) < 4.78 is 22.5. The molecule has 0 aromatic carbocycles. The maximum absolute atomic E-state index is 11.6. The van der Waals surface area contributed by atoms with Crippen LogP contribution in [0.5, 0.6) is 0 Å². The van der Waals surface area contributed by atoms with Crippen LogP contribution in [-0.4, -0.2) is 49.1 Å². The molecule has 0 aliphatic rings. The van der Waals surface area contributed by atoms with E-state index in [2.05, 4.69) is 5.32 Å². The molecule has 7 heteroatoms. The molecule has 0 rings (SSSR count). The molecule has 0 saturated carbocycles. The lowest BCUT2D eigenvalue weighted by atomic mass is 10.3. The van der Waals surface area contributed by atoms with Gasteiger partial charge in [0.25, 0.3) is 0 Å². The van der Waals surface area contributed by atoms with E-state index in [9.17, 15) is 13.2 Å². The third-order valence-corrected chi connectivity index (χ3v) is 4.75. The van der Waals surface area contributed by atoms with Crippen molar-refractivity contribution in [2.24, 2.45) is 5.73 Å². The Balaban J connectivity index is 3.98. The van der Waals surface area contributed by atoms with Gasteiger partial charge in [-0.15, -0.1) is 0 Å². The molecule has 96 valence electrons. The predicted octanol–water partition coefficient (Wildman–Crippen LogP) is -1.36. The van der Waals surface area contributed by atoms with Gasteiger partial charge in [0.1, 0.15) is 6.10 Å². The van der Waals surface area contributed by atoms with Gasteiger partial charge in [0, 0.05) is 13.1 Å². The molecule has 0 aromatic heterocycles. The van der Waals surface area contributed by atoms with Gasteiger partial charge in [-0.1, -0.05) is 0 Å². The molecule has 0 spiro atoms. The Bertz CT molecular complexity index is 332. The summed E-state index contributed by atoms with van der Waals surface area (Å²) in [5.41, 5.74) is 4.83. The van der Waals surface area contributed by atoms with Crippen molar-refractivity contribution in [1.29, 1.82) is 0 Å². The van der Waals surface area contributed by atoms with E-state index in [1.165, 1.54) is 0 Å². The van der Waals surface area contributed by atoms with Crippen molar-refractivity contribution < 1.29 is 18.3 Å². The lowest BCUT2D eigenvalue weighted by Crippen LogP contribution is -2.40. The molecule has 4 N–H and O–H groups in total. The van der Waals surface area contributed by atoms with Gasteiger partial charge >= 0.3 is 0 Å². The molecule has 0 radical (unpaired) electrons. The SMILES string of the molecule is CC(C)(C)S(=O)(=O)CCNCC(O)C(N)=O. The Kier molecular flexibility index (Phi) is 5.37. The van der Waals surface area contributed by atoms with Crippen LogP contribution in [0.15, 0.2) is 0 Å². The van der Waals surface area contributed by atoms with Gasteiger partial charge < -0.3 is 16.2 Å². The molecule has 0 saturated heterocycles. The maximum Gasteiger partial charge on any atom is 0.247 e. The standard InChI is InChI=1S/C9H20N2O4S/c1-9(2,3)16(14,15)5-4-11-6-7(12)8(10)13/h7,11-12H,4-6H2,1-3H3,(H2,10,13). The minimum absolute atomic E-state index is 0.0327. The summed E-state index contributed by atoms with van der Waals surface area (Å²) in [6.45, 7) is 5.03. The number of hydrogen-bond donors (Lipinski definition) is 3. The zero-order valence-electron chi connectivity index (χ0n) is 9.86. The fraction of sp³-hybridized carbons (Fsp3) is 0.889. The number of rotatable bonds is 6. The van der Waals surface area contributed by atoms with Crippen LogP contribution in [0.1, 0.15) is 20.8 Å². The Hall–Kier alpha value is -0.660. The maximum atomic E-state index is 11.6. The first-order valence-electron chi connectivity index (χ1n) is 4.98. The summed E-state index contributed by atoms with van der Waals surface area (Å²) >= 11 is 0. The fourth-order valence-corrected chi connectivity index (χ4v) is 1.88. The lowest BCUT2D eigenvalue weighted by molar-refractivity contribution is -0.125. The van der Waals surface area contributed by atoms with Gasteiger partial charge in [-0.3, -0.25) is 4.79 Å². The number of hydrogen-bond acceptors (Lipinski definition) is 5. The highest BCUT2D eigenvalue weighted by molar-refractivity contribution is 7.92. The van der Waals surface area contributed by atoms with E-state index in [4.69, 9.17) is 10.8 Å². The monoisotopic (exact) mass is 252 g/mol. The van der Waals surface area contributed by atoms with Crippen LogP contribution >= 0.6 is 0 Å². The third-order valence-electron chi connectivity index (χ3n) is 2.15. The van der Waals surface area contributed by atoms with Gasteiger partial charge in [0.05, 0.1) is 10.5 Å². The average molecular weight is 252 g/mol. The van der Waals surface area contributed by atoms with E-state index in [0.717, 1.165) is 0 Å². The molecule has 0 aliphatic carbocycles. The topological polar surface area (TPSA) is 109 Å². The summed E-state index contributed by atoms with van der Waals surface area (Å²) in [5.74, 6) is -0.867. The average Bonchev–Trinajstić information content (AvgIpc) is 2.09. The number of sulfone groups is 1. The minimum atomic E-state index is -3.18. The second-order valence-corrected chi connectivity index (χ2v) is 7.42. The van der Waals surface area contributed by atoms with Gasteiger partial charge in [-0.05, 0) is 20.8 Å². The Morgan fingerprint density at radius 2 is 1.94 bits per heavy atom. The minimum Gasteiger partial charge on any atom is -0.382 e. The van der Waals surface area contributed by atoms with Crippen LogP contribution in [0.4, 0.5) is 0 Å². The summed E-state index contributed by atoms with van der Waals surface area (Å²) in [5, 5.41) is 11.7. The van der Waals surface area contributed by atoms with E-state index in [1.54, 1.807) is 20.8 Å². The van der Waals surface area contributed by atoms with Crippen LogP contribution in [-0.2, 0) is 14.6 Å². The van der Waals surface area contributed by atoms with E-state index in [0.29, 0.717) is 0 Å². The quantitative estimate of drug-likeness (QED) is 0.506. The largest absolute Gasteiger partial charge is 0.382 e. The molecule has 0 heterocycles. The molecule has 0 fully saturated rings. The van der Waals surface area contributed by atoms with Crippen molar-refractivity contribution in [2.45, 2.75) is 31.6 Å². The molecule has 6 nitrogen and oxygen atoms in total. The highest BCUT2D eigenvalue weighted by Crippen LogP contribution is 2.14. The second kappa shape index (κ2) is 5.60. The lowest BCUT2D eigenvalue weighted by Gasteiger charge is -2.19. The third kappa shape index (κ3) is 4.91. The summed E-state index contributed by atoms with van der Waals surface area (Å²) in [7, 11) is -3.18. The van der Waals surface area contributed by atoms with Crippen LogP contribution in [0.2, 0.25) is 0 Å². The fourth-order valence-electron chi connectivity index (χ4n) is 0.852. The number of nitrogens with two attached hydrogens (primary N) is 1. The number of nitrogens with one attached hydrogen (secondary N) is 1. The zero-order chi connectivity index (χ0) is 13.0. The van der Waals surface area contributed by atoms with Gasteiger partial charge in [0.2, 0.25) is 5.91 Å². The first kappa shape index (κ1) is 15.3. The summed E-state index contributed by atoms with van der Waals surface area (Å²) in [4.78, 5) is 10.5. The normalized spacial score (nSPS) is 14.8. The van der Waals surface area contributed by atoms with Crippen molar-refractivity contribution in [3.05, 3.63) is 0 Å². The smallest absolute Gasteiger partial charge is 0.247 e. The second-order valence-electron chi connectivity index (χ2n) is 4.55.